The molecule has 2 atom stereocenters. The number of nitrogens with zero attached hydrogens (tertiary/aromatic N) is 2. The number of hydrogen-bond donors (Lipinski definition) is 1. The van der Waals surface area contributed by atoms with Crippen LogP contribution in [0.5, 0.6) is 0 Å². The van der Waals surface area contributed by atoms with Gasteiger partial charge in [-0.15, -0.1) is 10.2 Å². The molecule has 7 nitrogen and oxygen atoms in total. The highest BCUT2D eigenvalue weighted by atomic mass is 35.7. The molecule has 220 valence electrons. The van der Waals surface area contributed by atoms with Gasteiger partial charge in [-0.3, -0.25) is 0 Å². The summed E-state index contributed by atoms with van der Waals surface area (Å²) < 4.78 is 36.4. The number of allylic oxidation sites excluding steroid dienone is 3. The summed E-state index contributed by atoms with van der Waals surface area (Å²) in [5.41, 5.74) is 8.02. The zero-order valence-electron chi connectivity index (χ0n) is 24.7. The fraction of sp³-hybridized carbons (Fsp3) is 0.303. The summed E-state index contributed by atoms with van der Waals surface area (Å²) in [5, 5.41) is 11.1. The van der Waals surface area contributed by atoms with Crippen LogP contribution in [0.2, 0.25) is 0 Å². The lowest BCUT2D eigenvalue weighted by Gasteiger charge is -2.33. The molecule has 0 aliphatic carbocycles. The Hall–Kier alpha value is -3.30. The predicted octanol–water partition coefficient (Wildman–Crippen LogP) is 2.04. The lowest BCUT2D eigenvalue weighted by atomic mass is 10.0. The molecule has 1 N–H and O–H groups in total. The van der Waals surface area contributed by atoms with Crippen molar-refractivity contribution in [1.82, 2.24) is 4.90 Å². The van der Waals surface area contributed by atoms with E-state index in [-0.39, 0.29) is 6.04 Å². The number of benzene rings is 3. The SMILES string of the molecule is CC[N+](CC)=C(/C=C/C=C(/c1ccc(C)cc1)N(C)[C@H](C)[C@@H](O)c1ccccc1)c1ccc(C)cc1.[O-][Cl+3]([O-])([O-])[O-]. The number of likely N-dealkylation sites (N-methyl/N-ethyl adjacent to an activating group) is 1. The Morgan fingerprint density at radius 2 is 1.29 bits per heavy atom. The Morgan fingerprint density at radius 1 is 0.829 bits per heavy atom. The Labute approximate surface area is 246 Å². The first kappa shape index (κ1) is 33.9. The summed E-state index contributed by atoms with van der Waals surface area (Å²) in [7, 11) is -2.88. The molecule has 41 heavy (non-hydrogen) atoms. The fourth-order valence-corrected chi connectivity index (χ4v) is 4.40. The van der Waals surface area contributed by atoms with Crippen molar-refractivity contribution in [2.45, 2.75) is 46.8 Å². The molecule has 0 aliphatic rings. The predicted molar refractivity (Wildman–Crippen MR) is 154 cm³/mol. The van der Waals surface area contributed by atoms with E-state index in [2.05, 4.69) is 118 Å². The zero-order valence-corrected chi connectivity index (χ0v) is 25.4. The highest BCUT2D eigenvalue weighted by Gasteiger charge is 2.22. The average Bonchev–Trinajstić information content (AvgIpc) is 2.94. The molecule has 3 aromatic carbocycles. The summed E-state index contributed by atoms with van der Waals surface area (Å²) in [6.07, 6.45) is 5.91. The van der Waals surface area contributed by atoms with Gasteiger partial charge in [0, 0.05) is 24.4 Å². The molecule has 0 fully saturated rings. The van der Waals surface area contributed by atoms with Gasteiger partial charge >= 0.3 is 0 Å². The quantitative estimate of drug-likeness (QED) is 0.223. The van der Waals surface area contributed by atoms with Gasteiger partial charge < -0.3 is 10.0 Å². The molecule has 0 radical (unpaired) electrons. The van der Waals surface area contributed by atoms with Crippen LogP contribution in [0.25, 0.3) is 5.70 Å². The monoisotopic (exact) mass is 580 g/mol. The molecule has 0 heterocycles. The average molecular weight is 581 g/mol. The molecule has 0 spiro atoms. The van der Waals surface area contributed by atoms with E-state index >= 15 is 0 Å². The number of halogens is 1. The molecule has 0 amide bonds. The molecule has 0 saturated heterocycles. The van der Waals surface area contributed by atoms with Crippen LogP contribution in [0.3, 0.4) is 0 Å². The first-order valence-corrected chi connectivity index (χ1v) is 14.8. The maximum absolute atomic E-state index is 11.1. The van der Waals surface area contributed by atoms with Crippen LogP contribution in [-0.4, -0.2) is 46.5 Å². The minimum absolute atomic E-state index is 0.114. The first-order chi connectivity index (χ1) is 19.3. The normalized spacial score (nSPS) is 13.3. The van der Waals surface area contributed by atoms with Gasteiger partial charge in [0.1, 0.15) is 13.1 Å². The van der Waals surface area contributed by atoms with E-state index in [4.69, 9.17) is 18.6 Å². The zero-order chi connectivity index (χ0) is 30.6. The van der Waals surface area contributed by atoms with Gasteiger partial charge in [0.15, 0.2) is 0 Å². The second kappa shape index (κ2) is 16.2. The first-order valence-electron chi connectivity index (χ1n) is 13.6. The Bertz CT molecular complexity index is 1290. The van der Waals surface area contributed by atoms with Crippen molar-refractivity contribution >= 4 is 11.4 Å². The van der Waals surface area contributed by atoms with E-state index in [0.29, 0.717) is 0 Å². The highest BCUT2D eigenvalue weighted by molar-refractivity contribution is 6.05. The lowest BCUT2D eigenvalue weighted by molar-refractivity contribution is -2.00. The van der Waals surface area contributed by atoms with Crippen molar-refractivity contribution in [2.75, 3.05) is 20.1 Å². The van der Waals surface area contributed by atoms with Crippen molar-refractivity contribution in [3.63, 3.8) is 0 Å². The van der Waals surface area contributed by atoms with Crippen LogP contribution >= 0.6 is 0 Å². The summed E-state index contributed by atoms with van der Waals surface area (Å²) in [6.45, 7) is 12.6. The van der Waals surface area contributed by atoms with Gasteiger partial charge in [-0.05, 0) is 64.0 Å². The van der Waals surface area contributed by atoms with Gasteiger partial charge in [0.2, 0.25) is 5.71 Å². The second-order valence-electron chi connectivity index (χ2n) is 9.79. The Kier molecular flexibility index (Phi) is 13.4. The molecule has 8 heteroatoms. The minimum Gasteiger partial charge on any atom is -0.386 e. The van der Waals surface area contributed by atoms with E-state index in [1.165, 1.54) is 22.4 Å². The van der Waals surface area contributed by atoms with Gasteiger partial charge in [-0.2, -0.15) is 0 Å². The lowest BCUT2D eigenvalue weighted by Crippen LogP contribution is -2.68. The van der Waals surface area contributed by atoms with Crippen LogP contribution in [0.1, 0.15) is 54.7 Å². The largest absolute Gasteiger partial charge is 0.386 e. The highest BCUT2D eigenvalue weighted by Crippen LogP contribution is 2.27. The smallest absolute Gasteiger partial charge is 0.207 e. The van der Waals surface area contributed by atoms with Crippen molar-refractivity contribution in [3.8, 4) is 0 Å². The molecular formula is C33H41ClN2O5. The number of aliphatic hydroxyl groups excluding tert-OH is 1. The molecule has 0 unspecified atom stereocenters. The summed E-state index contributed by atoms with van der Waals surface area (Å²) in [5.74, 6) is 0. The van der Waals surface area contributed by atoms with E-state index in [1.807, 2.05) is 30.3 Å². The van der Waals surface area contributed by atoms with E-state index < -0.39 is 16.3 Å². The second-order valence-corrected chi connectivity index (χ2v) is 10.5. The van der Waals surface area contributed by atoms with Crippen LogP contribution in [0.4, 0.5) is 0 Å². The van der Waals surface area contributed by atoms with Crippen LogP contribution in [0.15, 0.2) is 97.1 Å². The Morgan fingerprint density at radius 3 is 1.76 bits per heavy atom. The molecule has 0 bridgehead atoms. The van der Waals surface area contributed by atoms with Gasteiger partial charge in [-0.25, -0.2) is 23.2 Å². The third-order valence-corrected chi connectivity index (χ3v) is 6.90. The molecule has 3 rings (SSSR count). The molecular weight excluding hydrogens is 540 g/mol. The third-order valence-electron chi connectivity index (χ3n) is 6.90. The van der Waals surface area contributed by atoms with Gasteiger partial charge in [0.25, 0.3) is 0 Å². The molecule has 0 saturated carbocycles. The van der Waals surface area contributed by atoms with Crippen molar-refractivity contribution < 1.29 is 38.6 Å². The maximum Gasteiger partial charge on any atom is 0.207 e. The van der Waals surface area contributed by atoms with Crippen LogP contribution in [0, 0.1) is 24.1 Å². The molecule has 0 aromatic heterocycles. The molecule has 0 aliphatic heterocycles. The number of rotatable bonds is 10. The van der Waals surface area contributed by atoms with Crippen LogP contribution < -0.4 is 18.6 Å². The van der Waals surface area contributed by atoms with E-state index in [0.717, 1.165) is 29.9 Å². The van der Waals surface area contributed by atoms with E-state index in [9.17, 15) is 5.11 Å². The summed E-state index contributed by atoms with van der Waals surface area (Å²) >= 11 is 0. The van der Waals surface area contributed by atoms with Crippen molar-refractivity contribution in [3.05, 3.63) is 125 Å². The minimum atomic E-state index is -4.94. The van der Waals surface area contributed by atoms with Gasteiger partial charge in [-0.1, -0.05) is 83.9 Å². The van der Waals surface area contributed by atoms with Crippen LogP contribution in [-0.2, 0) is 0 Å². The Balaban J connectivity index is 0.00000108. The van der Waals surface area contributed by atoms with Crippen molar-refractivity contribution in [1.29, 1.82) is 0 Å². The topological polar surface area (TPSA) is 119 Å². The maximum atomic E-state index is 11.1. The molecule has 3 aromatic rings. The number of aliphatic hydroxyl groups is 1. The fourth-order valence-electron chi connectivity index (χ4n) is 4.40. The van der Waals surface area contributed by atoms with Crippen molar-refractivity contribution in [2.24, 2.45) is 0 Å². The third kappa shape index (κ3) is 11.2. The number of aryl methyl sites for hydroxylation is 2. The summed E-state index contributed by atoms with van der Waals surface area (Å²) in [6, 6.07) is 27.1. The number of hydrogen-bond acceptors (Lipinski definition) is 6. The van der Waals surface area contributed by atoms with E-state index in [1.54, 1.807) is 0 Å². The van der Waals surface area contributed by atoms with Gasteiger partial charge in [0.05, 0.1) is 12.1 Å². The summed E-state index contributed by atoms with van der Waals surface area (Å²) in [4.78, 5) is 2.18. The standard InChI is InChI=1S/C33H41N2O.ClHO4/c1-7-35(8-2)32(29-23-19-26(4)20-24-29)16-12-15-31(28-21-17-25(3)18-22-28)34(6)27(5)33(36)30-13-10-9-11-14-30;2-1(3,4)5/h9-24,27,33,36H,7-8H2,1-6H3;(H,2,3,4,5)/q+1;/p-1/t27-,33-;/m1./s1.